The molecule has 0 radical (unpaired) electrons. The quantitative estimate of drug-likeness (QED) is 0.762. The first-order valence-corrected chi connectivity index (χ1v) is 5.26. The summed E-state index contributed by atoms with van der Waals surface area (Å²) in [5.74, 6) is -0.366. The molecular weight excluding hydrogens is 206 g/mol. The third-order valence-corrected chi connectivity index (χ3v) is 2.96. The van der Waals surface area contributed by atoms with E-state index in [4.69, 9.17) is 14.2 Å². The Balaban J connectivity index is 1.88. The van der Waals surface area contributed by atoms with Gasteiger partial charge in [-0.05, 0) is 5.56 Å². The zero-order valence-corrected chi connectivity index (χ0v) is 9.21. The zero-order chi connectivity index (χ0) is 11.2. The van der Waals surface area contributed by atoms with Gasteiger partial charge in [0.25, 0.3) is 0 Å². The van der Waals surface area contributed by atoms with E-state index >= 15 is 0 Å². The van der Waals surface area contributed by atoms with Crippen molar-refractivity contribution in [1.29, 1.82) is 0 Å². The van der Waals surface area contributed by atoms with E-state index in [0.29, 0.717) is 5.90 Å². The smallest absolute Gasteiger partial charge is 0.355 e. The second-order valence-corrected chi connectivity index (χ2v) is 3.95. The molecule has 1 aromatic carbocycles. The Morgan fingerprint density at radius 3 is 2.75 bits per heavy atom. The molecule has 1 unspecified atom stereocenters. The van der Waals surface area contributed by atoms with Crippen LogP contribution in [0.1, 0.15) is 18.6 Å². The lowest BCUT2D eigenvalue weighted by Crippen LogP contribution is -2.58. The van der Waals surface area contributed by atoms with Gasteiger partial charge < -0.3 is 14.2 Å². The minimum absolute atomic E-state index is 0.0707. The van der Waals surface area contributed by atoms with Crippen LogP contribution >= 0.6 is 0 Å². The number of methoxy groups -OCH3 is 1. The number of aliphatic imine (C=N–C) groups is 1. The summed E-state index contributed by atoms with van der Waals surface area (Å²) in [5.41, 5.74) is 1.10. The predicted molar refractivity (Wildman–Crippen MR) is 58.0 cm³/mol. The molecule has 2 aliphatic rings. The highest BCUT2D eigenvalue weighted by Crippen LogP contribution is 2.49. The number of hydrogen-bond acceptors (Lipinski definition) is 4. The van der Waals surface area contributed by atoms with E-state index in [1.165, 1.54) is 0 Å². The van der Waals surface area contributed by atoms with Crippen LogP contribution in [0, 0.1) is 0 Å². The maximum atomic E-state index is 5.70. The number of hydrogen-bond donors (Lipinski definition) is 0. The van der Waals surface area contributed by atoms with Crippen LogP contribution in [0.15, 0.2) is 35.3 Å². The zero-order valence-electron chi connectivity index (χ0n) is 9.21. The third kappa shape index (κ3) is 1.20. The lowest BCUT2D eigenvalue weighted by molar-refractivity contribution is -0.432. The molecule has 0 aromatic heterocycles. The Kier molecular flexibility index (Phi) is 2.02. The fourth-order valence-electron chi connectivity index (χ4n) is 2.19. The average Bonchev–Trinajstić information content (AvgIpc) is 2.55. The Morgan fingerprint density at radius 1 is 1.31 bits per heavy atom. The number of rotatable bonds is 2. The molecule has 3 atom stereocenters. The Hall–Kier alpha value is -1.39. The normalized spacial score (nSPS) is 36.0. The van der Waals surface area contributed by atoms with Gasteiger partial charge in [0.1, 0.15) is 6.10 Å². The highest BCUT2D eigenvalue weighted by Gasteiger charge is 2.63. The summed E-state index contributed by atoms with van der Waals surface area (Å²) in [6.07, 6.45) is -0.0707. The highest BCUT2D eigenvalue weighted by atomic mass is 16.9. The van der Waals surface area contributed by atoms with Crippen LogP contribution in [-0.4, -0.2) is 25.0 Å². The molecule has 3 rings (SSSR count). The maximum Gasteiger partial charge on any atom is 0.355 e. The molecule has 1 fully saturated rings. The molecule has 0 bridgehead atoms. The van der Waals surface area contributed by atoms with Crippen molar-refractivity contribution in [1.82, 2.24) is 0 Å². The first-order valence-electron chi connectivity index (χ1n) is 5.26. The topological polar surface area (TPSA) is 40.0 Å². The Bertz CT molecular complexity index is 431. The fraction of sp³-hybridized carbons (Fsp3) is 0.417. The standard InChI is InChI=1S/C12H13NO3/c1-8-13-11-10(9-6-4-3-5-7-9)16-12(11,14-2)15-8/h3-7,10-11H,1-2H3/t10-,11?,12+/m0/s1. The molecule has 2 heterocycles. The number of fused-ring (bicyclic) bond motifs is 1. The van der Waals surface area contributed by atoms with Gasteiger partial charge in [0.05, 0.1) is 0 Å². The van der Waals surface area contributed by atoms with Crippen molar-refractivity contribution in [2.24, 2.45) is 4.99 Å². The summed E-state index contributed by atoms with van der Waals surface area (Å²) in [4.78, 5) is 4.40. The van der Waals surface area contributed by atoms with Crippen LogP contribution in [0.25, 0.3) is 0 Å². The molecule has 16 heavy (non-hydrogen) atoms. The van der Waals surface area contributed by atoms with E-state index in [0.717, 1.165) is 5.56 Å². The van der Waals surface area contributed by atoms with E-state index in [1.54, 1.807) is 7.11 Å². The van der Waals surface area contributed by atoms with Crippen LogP contribution < -0.4 is 0 Å². The first-order chi connectivity index (χ1) is 7.75. The number of ether oxygens (including phenoxy) is 3. The second kappa shape index (κ2) is 3.30. The van der Waals surface area contributed by atoms with Gasteiger partial charge in [-0.15, -0.1) is 0 Å². The van der Waals surface area contributed by atoms with Gasteiger partial charge >= 0.3 is 5.97 Å². The van der Waals surface area contributed by atoms with Crippen molar-refractivity contribution in [3.05, 3.63) is 35.9 Å². The molecule has 4 heteroatoms. The molecule has 84 valence electrons. The molecule has 0 saturated carbocycles. The highest BCUT2D eigenvalue weighted by molar-refractivity contribution is 5.76. The van der Waals surface area contributed by atoms with Crippen molar-refractivity contribution in [2.45, 2.75) is 25.0 Å². The van der Waals surface area contributed by atoms with Crippen LogP contribution in [0.3, 0.4) is 0 Å². The summed E-state index contributed by atoms with van der Waals surface area (Å²) in [5, 5.41) is 0. The van der Waals surface area contributed by atoms with Crippen LogP contribution in [-0.2, 0) is 14.2 Å². The van der Waals surface area contributed by atoms with Crippen molar-refractivity contribution in [3.63, 3.8) is 0 Å². The minimum atomic E-state index is -0.982. The van der Waals surface area contributed by atoms with E-state index < -0.39 is 5.97 Å². The Morgan fingerprint density at radius 2 is 2.06 bits per heavy atom. The van der Waals surface area contributed by atoms with Crippen molar-refractivity contribution in [2.75, 3.05) is 7.11 Å². The molecule has 4 nitrogen and oxygen atoms in total. The predicted octanol–water partition coefficient (Wildman–Crippen LogP) is 1.88. The third-order valence-electron chi connectivity index (χ3n) is 2.96. The number of nitrogens with zero attached hydrogens (tertiary/aromatic N) is 1. The average molecular weight is 219 g/mol. The molecule has 0 amide bonds. The van der Waals surface area contributed by atoms with Gasteiger partial charge in [0, 0.05) is 14.0 Å². The van der Waals surface area contributed by atoms with Crippen molar-refractivity contribution < 1.29 is 14.2 Å². The monoisotopic (exact) mass is 219 g/mol. The number of benzene rings is 1. The molecule has 1 saturated heterocycles. The van der Waals surface area contributed by atoms with Gasteiger partial charge in [-0.3, -0.25) is 0 Å². The van der Waals surface area contributed by atoms with E-state index in [2.05, 4.69) is 4.99 Å². The molecular formula is C12H13NO3. The van der Waals surface area contributed by atoms with E-state index in [1.807, 2.05) is 37.3 Å². The van der Waals surface area contributed by atoms with Crippen molar-refractivity contribution in [3.8, 4) is 0 Å². The molecule has 2 aliphatic heterocycles. The van der Waals surface area contributed by atoms with E-state index in [-0.39, 0.29) is 12.1 Å². The second-order valence-electron chi connectivity index (χ2n) is 3.95. The van der Waals surface area contributed by atoms with Gasteiger partial charge in [-0.25, -0.2) is 4.99 Å². The van der Waals surface area contributed by atoms with Crippen molar-refractivity contribution >= 4 is 5.90 Å². The summed E-state index contributed by atoms with van der Waals surface area (Å²) in [7, 11) is 1.57. The first kappa shape index (κ1) is 9.81. The fourth-order valence-corrected chi connectivity index (χ4v) is 2.19. The van der Waals surface area contributed by atoms with Crippen LogP contribution in [0.5, 0.6) is 0 Å². The Labute approximate surface area is 93.8 Å². The van der Waals surface area contributed by atoms with E-state index in [9.17, 15) is 0 Å². The van der Waals surface area contributed by atoms with Gasteiger partial charge in [0.15, 0.2) is 11.9 Å². The maximum absolute atomic E-state index is 5.70. The SMILES string of the molecule is CO[C@@]12OC(C)=NC1[C@H](c1ccccc1)O2. The molecule has 0 N–H and O–H groups in total. The van der Waals surface area contributed by atoms with Crippen LogP contribution in [0.2, 0.25) is 0 Å². The van der Waals surface area contributed by atoms with Crippen LogP contribution in [0.4, 0.5) is 0 Å². The molecule has 1 aromatic rings. The summed E-state index contributed by atoms with van der Waals surface area (Å²) >= 11 is 0. The minimum Gasteiger partial charge on any atom is -0.424 e. The van der Waals surface area contributed by atoms with Gasteiger partial charge in [0.2, 0.25) is 0 Å². The van der Waals surface area contributed by atoms with Gasteiger partial charge in [-0.2, -0.15) is 0 Å². The molecule has 0 spiro atoms. The molecule has 0 aliphatic carbocycles. The summed E-state index contributed by atoms with van der Waals surface area (Å²) < 4.78 is 16.4. The lowest BCUT2D eigenvalue weighted by atomic mass is 9.95. The summed E-state index contributed by atoms with van der Waals surface area (Å²) in [6.45, 7) is 1.81. The largest absolute Gasteiger partial charge is 0.424 e. The van der Waals surface area contributed by atoms with Gasteiger partial charge in [-0.1, -0.05) is 30.3 Å². The summed E-state index contributed by atoms with van der Waals surface area (Å²) in [6, 6.07) is 9.89. The lowest BCUT2D eigenvalue weighted by Gasteiger charge is -2.45.